The summed E-state index contributed by atoms with van der Waals surface area (Å²) in [7, 11) is 1.68. The normalized spacial score (nSPS) is 11.9. The summed E-state index contributed by atoms with van der Waals surface area (Å²) in [5.74, 6) is 0.848. The molecule has 0 saturated heterocycles. The van der Waals surface area contributed by atoms with Crippen molar-refractivity contribution in [3.63, 3.8) is 0 Å². The monoisotopic (exact) mass is 459 g/mol. The van der Waals surface area contributed by atoms with Gasteiger partial charge in [-0.05, 0) is 72.1 Å². The molecule has 0 amide bonds. The largest absolute Gasteiger partial charge is 0.497 e. The molecule has 0 aliphatic carbocycles. The number of ether oxygens (including phenoxy) is 1. The van der Waals surface area contributed by atoms with Gasteiger partial charge in [-0.2, -0.15) is 0 Å². The number of halogens is 1. The van der Waals surface area contributed by atoms with E-state index in [1.54, 1.807) is 18.4 Å². The van der Waals surface area contributed by atoms with E-state index in [-0.39, 0.29) is 0 Å². The van der Waals surface area contributed by atoms with Gasteiger partial charge in [0.25, 0.3) is 0 Å². The molecule has 0 saturated carbocycles. The summed E-state index contributed by atoms with van der Waals surface area (Å²) in [5, 5.41) is 4.09. The van der Waals surface area contributed by atoms with Crippen molar-refractivity contribution < 1.29 is 4.74 Å². The number of hydrogen-bond donors (Lipinski definition) is 1. The number of benzene rings is 3. The van der Waals surface area contributed by atoms with Gasteiger partial charge in [-0.15, -0.1) is 11.3 Å². The summed E-state index contributed by atoms with van der Waals surface area (Å²) in [5.41, 5.74) is 5.57. The highest BCUT2D eigenvalue weighted by molar-refractivity contribution is 7.07. The molecule has 2 aromatic heterocycles. The number of thiazole rings is 1. The van der Waals surface area contributed by atoms with Gasteiger partial charge in [0.1, 0.15) is 5.75 Å². The highest BCUT2D eigenvalue weighted by Crippen LogP contribution is 2.26. The van der Waals surface area contributed by atoms with Gasteiger partial charge in [-0.3, -0.25) is 0 Å². The Labute approximate surface area is 195 Å². The zero-order valence-electron chi connectivity index (χ0n) is 17.6. The molecule has 5 rings (SSSR count). The number of aromatic nitrogens is 2. The van der Waals surface area contributed by atoms with Gasteiger partial charge in [-0.25, -0.2) is 4.99 Å². The maximum atomic E-state index is 6.25. The number of aryl methyl sites for hydroxylation is 1. The Hall–Kier alpha value is -3.28. The van der Waals surface area contributed by atoms with E-state index in [2.05, 4.69) is 33.3 Å². The number of nitrogens with one attached hydrogen (secondary N) is 1. The van der Waals surface area contributed by atoms with Crippen LogP contribution in [0.5, 0.6) is 5.75 Å². The molecule has 160 valence electrons. The number of H-pyrrole nitrogens is 1. The summed E-state index contributed by atoms with van der Waals surface area (Å²) >= 11 is 7.91. The Morgan fingerprint density at radius 2 is 1.84 bits per heavy atom. The first-order valence-corrected chi connectivity index (χ1v) is 11.6. The van der Waals surface area contributed by atoms with Crippen LogP contribution in [0.4, 0.5) is 5.69 Å². The van der Waals surface area contributed by atoms with Gasteiger partial charge in [0, 0.05) is 34.0 Å². The average molecular weight is 460 g/mol. The molecular formula is C26H22ClN3OS. The predicted molar refractivity (Wildman–Crippen MR) is 133 cm³/mol. The number of fused-ring (bicyclic) bond motifs is 1. The van der Waals surface area contributed by atoms with E-state index in [1.807, 2.05) is 60.7 Å². The Bertz CT molecular complexity index is 1420. The average Bonchev–Trinajstić information content (AvgIpc) is 3.42. The molecule has 6 heteroatoms. The summed E-state index contributed by atoms with van der Waals surface area (Å²) in [6.07, 6.45) is 2.94. The molecule has 2 heterocycles. The fraction of sp³-hybridized carbons (Fsp3) is 0.115. The lowest BCUT2D eigenvalue weighted by atomic mass is 10.1. The van der Waals surface area contributed by atoms with Crippen LogP contribution in [0.25, 0.3) is 22.2 Å². The van der Waals surface area contributed by atoms with E-state index in [0.29, 0.717) is 0 Å². The second-order valence-electron chi connectivity index (χ2n) is 7.48. The zero-order valence-corrected chi connectivity index (χ0v) is 19.2. The van der Waals surface area contributed by atoms with Gasteiger partial charge < -0.3 is 14.3 Å². The fourth-order valence-electron chi connectivity index (χ4n) is 3.83. The van der Waals surface area contributed by atoms with Gasteiger partial charge in [-0.1, -0.05) is 29.8 Å². The first-order chi connectivity index (χ1) is 15.7. The van der Waals surface area contributed by atoms with Crippen molar-refractivity contribution in [1.82, 2.24) is 9.55 Å². The minimum Gasteiger partial charge on any atom is -0.497 e. The second-order valence-corrected chi connectivity index (χ2v) is 8.76. The molecule has 0 aliphatic rings. The van der Waals surface area contributed by atoms with Crippen LogP contribution < -0.4 is 9.54 Å². The van der Waals surface area contributed by atoms with E-state index in [0.717, 1.165) is 51.0 Å². The molecule has 0 aliphatic heterocycles. The molecule has 0 radical (unpaired) electrons. The molecule has 5 aromatic rings. The van der Waals surface area contributed by atoms with Gasteiger partial charge >= 0.3 is 0 Å². The SMILES string of the molecule is COc1ccc(-c2csc(=Nc3ccccc3)n2CCc2c[nH]c3ccc(Cl)cc23)cc1. The van der Waals surface area contributed by atoms with Crippen LogP contribution in [0.15, 0.2) is 89.4 Å². The van der Waals surface area contributed by atoms with Crippen LogP contribution in [-0.4, -0.2) is 16.7 Å². The number of aromatic amines is 1. The maximum Gasteiger partial charge on any atom is 0.190 e. The van der Waals surface area contributed by atoms with Gasteiger partial charge in [0.15, 0.2) is 4.80 Å². The zero-order chi connectivity index (χ0) is 21.9. The number of para-hydroxylation sites is 1. The summed E-state index contributed by atoms with van der Waals surface area (Å²) in [6, 6.07) is 24.2. The first kappa shape index (κ1) is 20.6. The molecule has 0 unspecified atom stereocenters. The van der Waals surface area contributed by atoms with Crippen molar-refractivity contribution in [1.29, 1.82) is 0 Å². The van der Waals surface area contributed by atoms with Crippen LogP contribution in [0.3, 0.4) is 0 Å². The Morgan fingerprint density at radius 1 is 1.03 bits per heavy atom. The van der Waals surface area contributed by atoms with E-state index >= 15 is 0 Å². The Morgan fingerprint density at radius 3 is 2.62 bits per heavy atom. The lowest BCUT2D eigenvalue weighted by molar-refractivity contribution is 0.415. The maximum absolute atomic E-state index is 6.25. The van der Waals surface area contributed by atoms with Crippen LogP contribution in [0, 0.1) is 0 Å². The molecule has 0 bridgehead atoms. The van der Waals surface area contributed by atoms with Crippen LogP contribution >= 0.6 is 22.9 Å². The van der Waals surface area contributed by atoms with Crippen molar-refractivity contribution in [3.05, 3.63) is 99.8 Å². The molecule has 0 atom stereocenters. The van der Waals surface area contributed by atoms with E-state index in [4.69, 9.17) is 21.3 Å². The van der Waals surface area contributed by atoms with Crippen molar-refractivity contribution >= 4 is 39.5 Å². The molecule has 0 fully saturated rings. The summed E-state index contributed by atoms with van der Waals surface area (Å²) < 4.78 is 7.62. The number of nitrogens with zero attached hydrogens (tertiary/aromatic N) is 2. The lowest BCUT2D eigenvalue weighted by Gasteiger charge is -2.10. The smallest absolute Gasteiger partial charge is 0.190 e. The summed E-state index contributed by atoms with van der Waals surface area (Å²) in [6.45, 7) is 0.802. The fourth-order valence-corrected chi connectivity index (χ4v) is 4.96. The Kier molecular flexibility index (Phi) is 5.84. The van der Waals surface area contributed by atoms with Gasteiger partial charge in [0.2, 0.25) is 0 Å². The third-order valence-electron chi connectivity index (χ3n) is 5.50. The third-order valence-corrected chi connectivity index (χ3v) is 6.60. The van der Waals surface area contributed by atoms with Crippen LogP contribution in [0.2, 0.25) is 5.02 Å². The minimum absolute atomic E-state index is 0.750. The number of hydrogen-bond acceptors (Lipinski definition) is 3. The third kappa shape index (κ3) is 4.22. The molecule has 4 nitrogen and oxygen atoms in total. The standard InChI is InChI=1S/C26H22ClN3OS/c1-31-22-10-7-18(8-11-22)25-17-32-26(29-21-5-3-2-4-6-21)30(25)14-13-19-16-28-24-12-9-20(27)15-23(19)24/h2-12,15-17,28H,13-14H2,1H3. The molecule has 3 aromatic carbocycles. The van der Waals surface area contributed by atoms with E-state index < -0.39 is 0 Å². The van der Waals surface area contributed by atoms with Crippen molar-refractivity contribution in [2.75, 3.05) is 7.11 Å². The highest BCUT2D eigenvalue weighted by atomic mass is 35.5. The van der Waals surface area contributed by atoms with Crippen LogP contribution in [-0.2, 0) is 13.0 Å². The van der Waals surface area contributed by atoms with Crippen LogP contribution in [0.1, 0.15) is 5.56 Å². The topological polar surface area (TPSA) is 42.3 Å². The number of rotatable bonds is 6. The lowest BCUT2D eigenvalue weighted by Crippen LogP contribution is -2.17. The summed E-state index contributed by atoms with van der Waals surface area (Å²) in [4.78, 5) is 9.25. The second kappa shape index (κ2) is 9.07. The van der Waals surface area contributed by atoms with Crippen molar-refractivity contribution in [3.8, 4) is 17.0 Å². The quantitative estimate of drug-likeness (QED) is 0.297. The molecular weight excluding hydrogens is 438 g/mol. The Balaban J connectivity index is 1.55. The molecule has 0 spiro atoms. The van der Waals surface area contributed by atoms with Gasteiger partial charge in [0.05, 0.1) is 18.5 Å². The van der Waals surface area contributed by atoms with Crippen molar-refractivity contribution in [2.45, 2.75) is 13.0 Å². The predicted octanol–water partition coefficient (Wildman–Crippen LogP) is 6.84. The molecule has 32 heavy (non-hydrogen) atoms. The minimum atomic E-state index is 0.750. The van der Waals surface area contributed by atoms with E-state index in [9.17, 15) is 0 Å². The van der Waals surface area contributed by atoms with Crippen molar-refractivity contribution in [2.24, 2.45) is 4.99 Å². The highest BCUT2D eigenvalue weighted by Gasteiger charge is 2.11. The first-order valence-electron chi connectivity index (χ1n) is 10.4. The van der Waals surface area contributed by atoms with E-state index in [1.165, 1.54) is 10.9 Å². The number of methoxy groups -OCH3 is 1. The molecule has 1 N–H and O–H groups in total.